The van der Waals surface area contributed by atoms with E-state index in [1.54, 1.807) is 0 Å². The molecule has 2 rings (SSSR count). The highest BCUT2D eigenvalue weighted by Crippen LogP contribution is 2.36. The van der Waals surface area contributed by atoms with E-state index in [-0.39, 0.29) is 18.0 Å². The molecular weight excluding hydrogens is 294 g/mol. The van der Waals surface area contributed by atoms with Crippen LogP contribution in [0.5, 0.6) is 5.75 Å². The topological polar surface area (TPSA) is 63.3 Å². The lowest BCUT2D eigenvalue weighted by Crippen LogP contribution is -2.12. The molecule has 1 aliphatic carbocycles. The summed E-state index contributed by atoms with van der Waals surface area (Å²) in [4.78, 5) is 12.1. The summed E-state index contributed by atoms with van der Waals surface area (Å²) in [5.74, 6) is 0.0311. The Labute approximate surface area is 116 Å². The van der Waals surface area contributed by atoms with Crippen LogP contribution in [0.4, 0.5) is 0 Å². The van der Waals surface area contributed by atoms with Gasteiger partial charge in [-0.3, -0.25) is 4.79 Å². The van der Waals surface area contributed by atoms with Crippen molar-refractivity contribution in [1.82, 2.24) is 0 Å². The van der Waals surface area contributed by atoms with Crippen LogP contribution < -0.4 is 5.73 Å². The molecule has 0 amide bonds. The molecule has 0 bridgehead atoms. The smallest absolute Gasteiger partial charge is 0.168 e. The van der Waals surface area contributed by atoms with Crippen molar-refractivity contribution in [3.05, 3.63) is 27.2 Å². The molecule has 3 nitrogen and oxygen atoms in total. The number of phenols is 1. The molecule has 18 heavy (non-hydrogen) atoms. The van der Waals surface area contributed by atoms with Crippen molar-refractivity contribution in [2.24, 2.45) is 5.73 Å². The monoisotopic (exact) mass is 311 g/mol. The van der Waals surface area contributed by atoms with Crippen molar-refractivity contribution in [1.29, 1.82) is 0 Å². The molecule has 0 aliphatic heterocycles. The van der Waals surface area contributed by atoms with Crippen molar-refractivity contribution in [2.75, 3.05) is 6.54 Å². The van der Waals surface area contributed by atoms with Crippen molar-refractivity contribution in [3.8, 4) is 5.75 Å². The lowest BCUT2D eigenvalue weighted by atomic mass is 9.92. The summed E-state index contributed by atoms with van der Waals surface area (Å²) in [7, 11) is 0. The Balaban J connectivity index is 2.54. The van der Waals surface area contributed by atoms with Gasteiger partial charge in [-0.2, -0.15) is 0 Å². The zero-order valence-electron chi connectivity index (χ0n) is 10.3. The van der Waals surface area contributed by atoms with Gasteiger partial charge in [0, 0.05) is 6.42 Å². The minimum Gasteiger partial charge on any atom is -0.506 e. The summed E-state index contributed by atoms with van der Waals surface area (Å²) in [6.45, 7) is 0.319. The van der Waals surface area contributed by atoms with Crippen molar-refractivity contribution >= 4 is 21.7 Å². The number of hydrogen-bond donors (Lipinski definition) is 2. The van der Waals surface area contributed by atoms with Crippen LogP contribution >= 0.6 is 15.9 Å². The number of halogens is 1. The van der Waals surface area contributed by atoms with Gasteiger partial charge in [0.05, 0.1) is 10.0 Å². The first-order valence-electron chi connectivity index (χ1n) is 6.41. The first-order valence-corrected chi connectivity index (χ1v) is 7.21. The summed E-state index contributed by atoms with van der Waals surface area (Å²) in [5.41, 5.74) is 8.17. The molecule has 0 saturated carbocycles. The molecule has 0 spiro atoms. The average molecular weight is 312 g/mol. The Hall–Kier alpha value is -0.870. The van der Waals surface area contributed by atoms with Crippen LogP contribution in [0.15, 0.2) is 10.5 Å². The number of hydrogen-bond acceptors (Lipinski definition) is 3. The largest absolute Gasteiger partial charge is 0.506 e. The fraction of sp³-hybridized carbons (Fsp3) is 0.500. The third-order valence-corrected chi connectivity index (χ3v) is 4.08. The number of carbonyl (C=O) groups is 1. The molecule has 98 valence electrons. The molecule has 3 N–H and O–H groups in total. The van der Waals surface area contributed by atoms with E-state index in [1.807, 2.05) is 6.07 Å². The first kappa shape index (κ1) is 13.6. The number of carbonyl (C=O) groups excluding carboxylic acids is 1. The van der Waals surface area contributed by atoms with Gasteiger partial charge in [0.15, 0.2) is 5.78 Å². The molecular formula is C14H18BrNO2. The van der Waals surface area contributed by atoms with Crippen molar-refractivity contribution in [3.63, 3.8) is 0 Å². The third kappa shape index (κ3) is 2.59. The fourth-order valence-corrected chi connectivity index (χ4v) is 3.06. The number of Topliss-reactive ketones (excluding diaryl/α,β-unsaturated/α-hetero) is 1. The maximum atomic E-state index is 12.1. The Bertz CT molecular complexity index is 471. The second-order valence-electron chi connectivity index (χ2n) is 4.74. The Kier molecular flexibility index (Phi) is 4.40. The second kappa shape index (κ2) is 5.85. The van der Waals surface area contributed by atoms with Crippen LogP contribution in [0, 0.1) is 0 Å². The highest BCUT2D eigenvalue weighted by Gasteiger charge is 2.22. The summed E-state index contributed by atoms with van der Waals surface area (Å²) in [6, 6.07) is 1.95. The Morgan fingerprint density at radius 3 is 2.78 bits per heavy atom. The maximum absolute atomic E-state index is 12.1. The Morgan fingerprint density at radius 2 is 2.06 bits per heavy atom. The molecule has 1 aliphatic rings. The van der Waals surface area contributed by atoms with Crippen LogP contribution in [0.1, 0.15) is 47.2 Å². The number of aryl methyl sites for hydroxylation is 1. The summed E-state index contributed by atoms with van der Waals surface area (Å²) >= 11 is 3.34. The van der Waals surface area contributed by atoms with E-state index < -0.39 is 0 Å². The summed E-state index contributed by atoms with van der Waals surface area (Å²) < 4.78 is 0.614. The highest BCUT2D eigenvalue weighted by molar-refractivity contribution is 9.10. The molecule has 1 aromatic carbocycles. The SMILES string of the molecule is NCCC(=O)c1c(O)c(Br)cc2c1CCCCC2. The van der Waals surface area contributed by atoms with Crippen LogP contribution in [0.2, 0.25) is 0 Å². The van der Waals surface area contributed by atoms with Crippen molar-refractivity contribution < 1.29 is 9.90 Å². The van der Waals surface area contributed by atoms with Gasteiger partial charge in [0.1, 0.15) is 5.75 Å². The van der Waals surface area contributed by atoms with Gasteiger partial charge in [-0.05, 0) is 65.4 Å². The van der Waals surface area contributed by atoms with E-state index in [4.69, 9.17) is 5.73 Å². The van der Waals surface area contributed by atoms with E-state index in [2.05, 4.69) is 15.9 Å². The molecule has 0 aromatic heterocycles. The van der Waals surface area contributed by atoms with E-state index in [0.717, 1.165) is 31.2 Å². The van der Waals surface area contributed by atoms with Crippen LogP contribution in [-0.4, -0.2) is 17.4 Å². The average Bonchev–Trinajstić information content (AvgIpc) is 2.56. The third-order valence-electron chi connectivity index (χ3n) is 3.48. The van der Waals surface area contributed by atoms with E-state index in [1.165, 1.54) is 12.0 Å². The van der Waals surface area contributed by atoms with Gasteiger partial charge in [0.25, 0.3) is 0 Å². The minimum atomic E-state index is -0.0468. The Morgan fingerprint density at radius 1 is 1.33 bits per heavy atom. The summed E-state index contributed by atoms with van der Waals surface area (Å²) in [5, 5.41) is 10.1. The van der Waals surface area contributed by atoms with Gasteiger partial charge in [-0.1, -0.05) is 6.42 Å². The van der Waals surface area contributed by atoms with Crippen LogP contribution in [-0.2, 0) is 12.8 Å². The van der Waals surface area contributed by atoms with E-state index in [0.29, 0.717) is 16.6 Å². The number of ketones is 1. The van der Waals surface area contributed by atoms with Gasteiger partial charge in [-0.25, -0.2) is 0 Å². The van der Waals surface area contributed by atoms with Crippen molar-refractivity contribution in [2.45, 2.75) is 38.5 Å². The highest BCUT2D eigenvalue weighted by atomic mass is 79.9. The minimum absolute atomic E-state index is 0.0468. The quantitative estimate of drug-likeness (QED) is 0.666. The standard InChI is InChI=1S/C14H18BrNO2/c15-11-8-9-4-2-1-3-5-10(9)13(14(11)18)12(17)6-7-16/h8,18H,1-7,16H2. The second-order valence-corrected chi connectivity index (χ2v) is 5.60. The maximum Gasteiger partial charge on any atom is 0.168 e. The molecule has 4 heteroatoms. The number of benzene rings is 1. The molecule has 0 heterocycles. The number of phenolic OH excluding ortho intramolecular Hbond substituents is 1. The molecule has 0 saturated heterocycles. The zero-order chi connectivity index (χ0) is 13.1. The first-order chi connectivity index (χ1) is 8.65. The zero-order valence-corrected chi connectivity index (χ0v) is 11.9. The van der Waals surface area contributed by atoms with Crippen LogP contribution in [0.3, 0.4) is 0 Å². The molecule has 0 unspecified atom stereocenters. The molecule has 1 aromatic rings. The number of nitrogens with two attached hydrogens (primary N) is 1. The van der Waals surface area contributed by atoms with E-state index >= 15 is 0 Å². The predicted molar refractivity (Wildman–Crippen MR) is 75.1 cm³/mol. The predicted octanol–water partition coefficient (Wildman–Crippen LogP) is 2.96. The summed E-state index contributed by atoms with van der Waals surface area (Å²) in [6.07, 6.45) is 5.55. The molecule has 0 atom stereocenters. The normalized spacial score (nSPS) is 15.0. The number of aromatic hydroxyl groups is 1. The number of rotatable bonds is 3. The molecule has 0 fully saturated rings. The van der Waals surface area contributed by atoms with Gasteiger partial charge in [-0.15, -0.1) is 0 Å². The molecule has 0 radical (unpaired) electrons. The van der Waals surface area contributed by atoms with Crippen LogP contribution in [0.25, 0.3) is 0 Å². The number of fused-ring (bicyclic) bond motifs is 1. The van der Waals surface area contributed by atoms with Gasteiger partial charge in [0.2, 0.25) is 0 Å². The van der Waals surface area contributed by atoms with Gasteiger partial charge < -0.3 is 10.8 Å². The lowest BCUT2D eigenvalue weighted by Gasteiger charge is -2.15. The fourth-order valence-electron chi connectivity index (χ4n) is 2.59. The lowest BCUT2D eigenvalue weighted by molar-refractivity contribution is 0.0981. The van der Waals surface area contributed by atoms with E-state index in [9.17, 15) is 9.90 Å². The van der Waals surface area contributed by atoms with Gasteiger partial charge >= 0.3 is 0 Å².